The van der Waals surface area contributed by atoms with Crippen LogP contribution < -0.4 is 0 Å². The average Bonchev–Trinajstić information content (AvgIpc) is 3.18. The predicted octanol–water partition coefficient (Wildman–Crippen LogP) is 10.4. The van der Waals surface area contributed by atoms with E-state index in [2.05, 4.69) is 62.3 Å². The zero-order valence-corrected chi connectivity index (χ0v) is 22.1. The smallest absolute Gasteiger partial charge is 0.0354 e. The van der Waals surface area contributed by atoms with Gasteiger partial charge in [-0.15, -0.1) is 0 Å². The minimum absolute atomic E-state index is 0.570. The minimum atomic E-state index is 0.570. The van der Waals surface area contributed by atoms with Crippen LogP contribution in [-0.4, -0.2) is 0 Å². The quantitative estimate of drug-likeness (QED) is 0.375. The highest BCUT2D eigenvalue weighted by Crippen LogP contribution is 2.39. The Morgan fingerprint density at radius 3 is 0.621 bits per heavy atom. The van der Waals surface area contributed by atoms with Crippen molar-refractivity contribution in [2.75, 3.05) is 0 Å². The fourth-order valence-corrected chi connectivity index (χ4v) is 5.73. The van der Waals surface area contributed by atoms with E-state index in [1.54, 1.807) is 0 Å². The first-order chi connectivity index (χ1) is 13.3. The second kappa shape index (κ2) is 12.1. The summed E-state index contributed by atoms with van der Waals surface area (Å²) in [6.45, 7) is 21.4. The van der Waals surface area contributed by atoms with E-state index in [-0.39, 0.29) is 0 Å². The van der Waals surface area contributed by atoms with Gasteiger partial charge in [-0.05, 0) is 72.5 Å². The summed E-state index contributed by atoms with van der Waals surface area (Å²) in [5, 5.41) is 0. The maximum atomic E-state index is 2.38. The van der Waals surface area contributed by atoms with Crippen molar-refractivity contribution >= 4 is 0 Å². The van der Waals surface area contributed by atoms with Crippen molar-refractivity contribution in [3.05, 3.63) is 0 Å². The maximum Gasteiger partial charge on any atom is -0.0354 e. The molecule has 0 amide bonds. The highest BCUT2D eigenvalue weighted by Gasteiger charge is 2.27. The molecule has 0 aromatic rings. The summed E-state index contributed by atoms with van der Waals surface area (Å²) in [5.74, 6) is 3.01. The van der Waals surface area contributed by atoms with Crippen molar-refractivity contribution in [1.29, 1.82) is 0 Å². The third kappa shape index (κ3) is 11.3. The lowest BCUT2D eigenvalue weighted by atomic mass is 9.72. The van der Waals surface area contributed by atoms with E-state index in [0.717, 1.165) is 17.8 Å². The van der Waals surface area contributed by atoms with Crippen molar-refractivity contribution in [1.82, 2.24) is 0 Å². The zero-order chi connectivity index (χ0) is 22.1. The van der Waals surface area contributed by atoms with Crippen LogP contribution in [0, 0.1) is 34.0 Å². The summed E-state index contributed by atoms with van der Waals surface area (Å²) >= 11 is 0. The molecule has 3 aliphatic rings. The van der Waals surface area contributed by atoms with E-state index in [1.807, 2.05) is 0 Å². The molecule has 0 bridgehead atoms. The van der Waals surface area contributed by atoms with Crippen LogP contribution in [0.4, 0.5) is 0 Å². The van der Waals surface area contributed by atoms with Crippen LogP contribution in [0.25, 0.3) is 0 Å². The van der Waals surface area contributed by atoms with Crippen molar-refractivity contribution in [3.63, 3.8) is 0 Å². The monoisotopic (exact) mass is 406 g/mol. The average molecular weight is 407 g/mol. The lowest BCUT2D eigenvalue weighted by Gasteiger charge is -2.33. The predicted molar refractivity (Wildman–Crippen MR) is 133 cm³/mol. The van der Waals surface area contributed by atoms with Crippen LogP contribution in [-0.2, 0) is 0 Å². The topological polar surface area (TPSA) is 0 Å². The molecule has 3 rings (SSSR count). The normalized spacial score (nSPS) is 23.1. The number of rotatable bonds is 0. The second-order valence-electron chi connectivity index (χ2n) is 13.7. The number of hydrogen-bond acceptors (Lipinski definition) is 0. The Balaban J connectivity index is 0.000000218. The second-order valence-corrected chi connectivity index (χ2v) is 13.7. The Bertz CT molecular complexity index is 365. The molecule has 0 heteroatoms. The molecule has 3 fully saturated rings. The van der Waals surface area contributed by atoms with Crippen LogP contribution in [0.5, 0.6) is 0 Å². The van der Waals surface area contributed by atoms with E-state index in [0.29, 0.717) is 16.2 Å². The van der Waals surface area contributed by atoms with E-state index < -0.39 is 0 Å². The first-order valence-electron chi connectivity index (χ1n) is 13.3. The highest BCUT2D eigenvalue weighted by molar-refractivity contribution is 4.79. The lowest BCUT2D eigenvalue weighted by Crippen LogP contribution is -2.22. The van der Waals surface area contributed by atoms with E-state index >= 15 is 0 Å². The van der Waals surface area contributed by atoms with Gasteiger partial charge in [-0.3, -0.25) is 0 Å². The fraction of sp³-hybridized carbons (Fsp3) is 1.00. The first-order valence-corrected chi connectivity index (χ1v) is 13.3. The Hall–Kier alpha value is 0. The molecule has 0 saturated heterocycles. The van der Waals surface area contributed by atoms with Crippen LogP contribution in [0.15, 0.2) is 0 Å². The Kier molecular flexibility index (Phi) is 11.3. The molecule has 0 aromatic carbocycles. The molecule has 0 spiro atoms. The van der Waals surface area contributed by atoms with Gasteiger partial charge in [-0.25, -0.2) is 0 Å². The van der Waals surface area contributed by atoms with Crippen molar-refractivity contribution in [2.24, 2.45) is 34.0 Å². The summed E-state index contributed by atoms with van der Waals surface area (Å²) in [6, 6.07) is 0. The third-order valence-electron chi connectivity index (χ3n) is 8.24. The molecule has 0 radical (unpaired) electrons. The lowest BCUT2D eigenvalue weighted by molar-refractivity contribution is 0.179. The molecule has 0 N–H and O–H groups in total. The van der Waals surface area contributed by atoms with Gasteiger partial charge in [0, 0.05) is 0 Å². The molecule has 0 heterocycles. The van der Waals surface area contributed by atoms with E-state index in [9.17, 15) is 0 Å². The van der Waals surface area contributed by atoms with Crippen LogP contribution in [0.2, 0.25) is 0 Å². The minimum Gasteiger partial charge on any atom is -0.0599 e. The van der Waals surface area contributed by atoms with Gasteiger partial charge in [-0.2, -0.15) is 0 Å². The summed E-state index contributed by atoms with van der Waals surface area (Å²) in [5.41, 5.74) is 1.72. The SMILES string of the molecule is CC(C)(C)C1CCCC1.CC(C)(C)C1CCCCC1.CC(C)(C)C1CCCCC1. The molecule has 0 nitrogen and oxygen atoms in total. The molecule has 0 aliphatic heterocycles. The molecule has 3 saturated carbocycles. The van der Waals surface area contributed by atoms with Gasteiger partial charge >= 0.3 is 0 Å². The van der Waals surface area contributed by atoms with Crippen molar-refractivity contribution in [2.45, 2.75) is 152 Å². The molecule has 0 unspecified atom stereocenters. The maximum absolute atomic E-state index is 2.38. The standard InChI is InChI=1S/2C10H20.C9H18/c2*1-10(2,3)9-7-5-4-6-8-9;1-9(2,3)8-6-4-5-7-8/h2*9H,4-8H2,1-3H3;8H,4-7H2,1-3H3. The number of hydrogen-bond donors (Lipinski definition) is 0. The molecular formula is C29H58. The van der Waals surface area contributed by atoms with Gasteiger partial charge in [-0.1, -0.05) is 114 Å². The Morgan fingerprint density at radius 1 is 0.310 bits per heavy atom. The Labute approximate surface area is 186 Å². The largest absolute Gasteiger partial charge is 0.0599 e. The van der Waals surface area contributed by atoms with Crippen LogP contribution >= 0.6 is 0 Å². The summed E-state index contributed by atoms with van der Waals surface area (Å²) in [6.07, 6.45) is 20.7. The highest BCUT2D eigenvalue weighted by atomic mass is 14.3. The van der Waals surface area contributed by atoms with Crippen molar-refractivity contribution < 1.29 is 0 Å². The van der Waals surface area contributed by atoms with Gasteiger partial charge in [0.2, 0.25) is 0 Å². The summed E-state index contributed by atoms with van der Waals surface area (Å²) in [4.78, 5) is 0. The molecule has 3 aliphatic carbocycles. The molecule has 29 heavy (non-hydrogen) atoms. The van der Waals surface area contributed by atoms with Crippen LogP contribution in [0.3, 0.4) is 0 Å². The third-order valence-corrected chi connectivity index (χ3v) is 8.24. The van der Waals surface area contributed by atoms with Gasteiger partial charge in [0.05, 0.1) is 0 Å². The van der Waals surface area contributed by atoms with Crippen molar-refractivity contribution in [3.8, 4) is 0 Å². The first kappa shape index (κ1) is 27.0. The molecule has 0 aromatic heterocycles. The Morgan fingerprint density at radius 2 is 0.483 bits per heavy atom. The van der Waals surface area contributed by atoms with Gasteiger partial charge in [0.15, 0.2) is 0 Å². The van der Waals surface area contributed by atoms with Gasteiger partial charge in [0.25, 0.3) is 0 Å². The van der Waals surface area contributed by atoms with Crippen LogP contribution in [0.1, 0.15) is 152 Å². The fourth-order valence-electron chi connectivity index (χ4n) is 5.73. The van der Waals surface area contributed by atoms with Gasteiger partial charge < -0.3 is 0 Å². The molecule has 174 valence electrons. The van der Waals surface area contributed by atoms with E-state index in [1.165, 1.54) is 89.9 Å². The van der Waals surface area contributed by atoms with Gasteiger partial charge in [0.1, 0.15) is 0 Å². The summed E-state index contributed by atoms with van der Waals surface area (Å²) in [7, 11) is 0. The molecule has 0 atom stereocenters. The summed E-state index contributed by atoms with van der Waals surface area (Å²) < 4.78 is 0. The van der Waals surface area contributed by atoms with E-state index in [4.69, 9.17) is 0 Å². The molecular weight excluding hydrogens is 348 g/mol. The zero-order valence-electron chi connectivity index (χ0n) is 22.1.